The van der Waals surface area contributed by atoms with Gasteiger partial charge in [-0.25, -0.2) is 0 Å². The fourth-order valence-corrected chi connectivity index (χ4v) is 3.84. The predicted octanol–water partition coefficient (Wildman–Crippen LogP) is 4.10. The van der Waals surface area contributed by atoms with Crippen LogP contribution in [0.5, 0.6) is 0 Å². The Balaban J connectivity index is 1.85. The number of pyridine rings is 1. The SMILES string of the molecule is CC(=O)NCc1cccc(N2C=C(c3ccccn3)C=C(c3ccccc3C#N)C2C=O)c1. The van der Waals surface area contributed by atoms with Gasteiger partial charge in [0, 0.05) is 37.1 Å². The molecule has 162 valence electrons. The van der Waals surface area contributed by atoms with Gasteiger partial charge < -0.3 is 15.0 Å². The molecule has 0 spiro atoms. The molecule has 33 heavy (non-hydrogen) atoms. The van der Waals surface area contributed by atoms with Crippen molar-refractivity contribution in [1.82, 2.24) is 10.3 Å². The van der Waals surface area contributed by atoms with Crippen LogP contribution in [0.4, 0.5) is 5.69 Å². The largest absolute Gasteiger partial charge is 0.352 e. The Bertz CT molecular complexity index is 1290. The molecule has 4 rings (SSSR count). The van der Waals surface area contributed by atoms with Crippen LogP contribution in [0.3, 0.4) is 0 Å². The van der Waals surface area contributed by atoms with E-state index < -0.39 is 6.04 Å². The Labute approximate surface area is 192 Å². The molecule has 1 aliphatic heterocycles. The topological polar surface area (TPSA) is 86.1 Å². The number of anilines is 1. The van der Waals surface area contributed by atoms with E-state index in [1.807, 2.05) is 71.8 Å². The van der Waals surface area contributed by atoms with Gasteiger partial charge in [-0.3, -0.25) is 9.78 Å². The number of carbonyl (C=O) groups excluding carboxylic acids is 2. The Morgan fingerprint density at radius 3 is 2.70 bits per heavy atom. The minimum atomic E-state index is -0.636. The lowest BCUT2D eigenvalue weighted by Gasteiger charge is -2.33. The van der Waals surface area contributed by atoms with Gasteiger partial charge in [0.25, 0.3) is 0 Å². The number of hydrogen-bond donors (Lipinski definition) is 1. The lowest BCUT2D eigenvalue weighted by Crippen LogP contribution is -2.36. The van der Waals surface area contributed by atoms with Gasteiger partial charge in [0.2, 0.25) is 5.91 Å². The summed E-state index contributed by atoms with van der Waals surface area (Å²) in [5.41, 5.74) is 5.21. The molecule has 0 aliphatic carbocycles. The molecule has 0 saturated carbocycles. The molecule has 2 heterocycles. The average molecular weight is 434 g/mol. The van der Waals surface area contributed by atoms with Crippen molar-refractivity contribution in [2.24, 2.45) is 0 Å². The first kappa shape index (κ1) is 21.7. The molecule has 2 aromatic carbocycles. The van der Waals surface area contributed by atoms with Crippen LogP contribution in [0.25, 0.3) is 11.1 Å². The third kappa shape index (κ3) is 4.73. The fraction of sp³-hybridized carbons (Fsp3) is 0.111. The smallest absolute Gasteiger partial charge is 0.217 e. The van der Waals surface area contributed by atoms with Crippen LogP contribution in [0.15, 0.2) is 85.2 Å². The van der Waals surface area contributed by atoms with Gasteiger partial charge >= 0.3 is 0 Å². The molecule has 3 aromatic rings. The normalized spacial score (nSPS) is 15.2. The number of nitrogens with one attached hydrogen (secondary N) is 1. The summed E-state index contributed by atoms with van der Waals surface area (Å²) in [6, 6.07) is 22.2. The van der Waals surface area contributed by atoms with Crippen LogP contribution in [0.2, 0.25) is 0 Å². The minimum Gasteiger partial charge on any atom is -0.352 e. The number of nitriles is 1. The Kier molecular flexibility index (Phi) is 6.42. The van der Waals surface area contributed by atoms with Crippen molar-refractivity contribution in [3.63, 3.8) is 0 Å². The number of amides is 1. The van der Waals surface area contributed by atoms with Gasteiger partial charge in [0.15, 0.2) is 0 Å². The minimum absolute atomic E-state index is 0.111. The quantitative estimate of drug-likeness (QED) is 0.591. The molecule has 0 bridgehead atoms. The van der Waals surface area contributed by atoms with Crippen molar-refractivity contribution in [1.29, 1.82) is 5.26 Å². The van der Waals surface area contributed by atoms with E-state index in [1.165, 1.54) is 6.92 Å². The van der Waals surface area contributed by atoms with E-state index in [-0.39, 0.29) is 5.91 Å². The molecule has 1 atom stereocenters. The second kappa shape index (κ2) is 9.75. The summed E-state index contributed by atoms with van der Waals surface area (Å²) in [5, 5.41) is 12.5. The first-order valence-corrected chi connectivity index (χ1v) is 10.5. The number of hydrogen-bond acceptors (Lipinski definition) is 5. The second-order valence-corrected chi connectivity index (χ2v) is 7.62. The zero-order valence-electron chi connectivity index (χ0n) is 18.1. The van der Waals surface area contributed by atoms with Crippen LogP contribution in [0, 0.1) is 11.3 Å². The standard InChI is InChI=1S/C27H22N4O2/c1-19(33)30-16-20-7-6-9-23(13-20)31-17-22(26-11-4-5-12-29-26)14-25(27(31)18-32)24-10-3-2-8-21(24)15-28/h2-14,17-18,27H,16H2,1H3,(H,30,33). The van der Waals surface area contributed by atoms with E-state index in [9.17, 15) is 14.9 Å². The van der Waals surface area contributed by atoms with Crippen LogP contribution >= 0.6 is 0 Å². The Morgan fingerprint density at radius 1 is 1.15 bits per heavy atom. The number of benzene rings is 2. The number of rotatable bonds is 6. The van der Waals surface area contributed by atoms with E-state index in [1.54, 1.807) is 18.3 Å². The highest BCUT2D eigenvalue weighted by molar-refractivity contribution is 5.99. The van der Waals surface area contributed by atoms with Crippen LogP contribution in [-0.2, 0) is 16.1 Å². The number of allylic oxidation sites excluding steroid dienone is 2. The van der Waals surface area contributed by atoms with Crippen molar-refractivity contribution < 1.29 is 9.59 Å². The third-order valence-corrected chi connectivity index (χ3v) is 5.41. The highest BCUT2D eigenvalue weighted by Gasteiger charge is 2.28. The van der Waals surface area contributed by atoms with E-state index in [0.717, 1.165) is 34.4 Å². The maximum absolute atomic E-state index is 12.4. The maximum atomic E-state index is 12.4. The number of aromatic nitrogens is 1. The van der Waals surface area contributed by atoms with Crippen molar-refractivity contribution in [2.75, 3.05) is 4.90 Å². The molecule has 0 fully saturated rings. The van der Waals surface area contributed by atoms with Crippen LogP contribution in [-0.4, -0.2) is 23.2 Å². The van der Waals surface area contributed by atoms with Gasteiger partial charge in [-0.2, -0.15) is 5.26 Å². The predicted molar refractivity (Wildman–Crippen MR) is 128 cm³/mol. The van der Waals surface area contributed by atoms with Crippen molar-refractivity contribution >= 4 is 29.0 Å². The monoisotopic (exact) mass is 434 g/mol. The summed E-state index contributed by atoms with van der Waals surface area (Å²) in [5.74, 6) is -0.111. The second-order valence-electron chi connectivity index (χ2n) is 7.62. The summed E-state index contributed by atoms with van der Waals surface area (Å²) in [6.45, 7) is 1.86. The highest BCUT2D eigenvalue weighted by Crippen LogP contribution is 2.36. The van der Waals surface area contributed by atoms with E-state index in [2.05, 4.69) is 16.4 Å². The molecule has 1 aromatic heterocycles. The molecule has 1 amide bonds. The molecular weight excluding hydrogens is 412 g/mol. The zero-order chi connectivity index (χ0) is 23.2. The first-order valence-electron chi connectivity index (χ1n) is 10.5. The summed E-state index contributed by atoms with van der Waals surface area (Å²) in [7, 11) is 0. The van der Waals surface area contributed by atoms with E-state index >= 15 is 0 Å². The first-order chi connectivity index (χ1) is 16.1. The van der Waals surface area contributed by atoms with E-state index in [0.29, 0.717) is 17.7 Å². The number of nitrogens with zero attached hydrogens (tertiary/aromatic N) is 3. The lowest BCUT2D eigenvalue weighted by atomic mass is 9.89. The average Bonchev–Trinajstić information content (AvgIpc) is 2.87. The molecule has 1 unspecified atom stereocenters. The summed E-state index contributed by atoms with van der Waals surface area (Å²) < 4.78 is 0. The van der Waals surface area contributed by atoms with Gasteiger partial charge in [0.1, 0.15) is 12.3 Å². The van der Waals surface area contributed by atoms with Gasteiger partial charge in [-0.1, -0.05) is 36.4 Å². The van der Waals surface area contributed by atoms with E-state index in [4.69, 9.17) is 0 Å². The van der Waals surface area contributed by atoms with Gasteiger partial charge in [-0.15, -0.1) is 0 Å². The van der Waals surface area contributed by atoms with Crippen molar-refractivity contribution in [3.05, 3.63) is 108 Å². The Morgan fingerprint density at radius 2 is 1.97 bits per heavy atom. The third-order valence-electron chi connectivity index (χ3n) is 5.41. The Hall–Kier alpha value is -4.50. The van der Waals surface area contributed by atoms with Gasteiger partial charge in [0.05, 0.1) is 17.3 Å². The van der Waals surface area contributed by atoms with Crippen molar-refractivity contribution in [2.45, 2.75) is 19.5 Å². The number of aldehydes is 1. The van der Waals surface area contributed by atoms with Crippen LogP contribution < -0.4 is 10.2 Å². The van der Waals surface area contributed by atoms with Crippen molar-refractivity contribution in [3.8, 4) is 6.07 Å². The fourth-order valence-electron chi connectivity index (χ4n) is 3.84. The molecule has 0 radical (unpaired) electrons. The summed E-state index contributed by atoms with van der Waals surface area (Å²) in [4.78, 5) is 30.1. The molecule has 6 heteroatoms. The number of carbonyl (C=O) groups is 2. The summed E-state index contributed by atoms with van der Waals surface area (Å²) in [6.07, 6.45) is 6.43. The zero-order valence-corrected chi connectivity index (χ0v) is 18.1. The summed E-state index contributed by atoms with van der Waals surface area (Å²) >= 11 is 0. The maximum Gasteiger partial charge on any atom is 0.217 e. The molecule has 6 nitrogen and oxygen atoms in total. The molecule has 0 saturated heterocycles. The highest BCUT2D eigenvalue weighted by atomic mass is 16.1. The van der Waals surface area contributed by atoms with Gasteiger partial charge in [-0.05, 0) is 53.1 Å². The molecule has 1 N–H and O–H groups in total. The molecular formula is C27H22N4O2. The van der Waals surface area contributed by atoms with Crippen LogP contribution in [0.1, 0.15) is 29.3 Å². The molecule has 1 aliphatic rings. The lowest BCUT2D eigenvalue weighted by molar-refractivity contribution is -0.119.